The molecular weight excluding hydrogens is 226 g/mol. The normalized spacial score (nSPS) is 15.1. The van der Waals surface area contributed by atoms with Crippen LogP contribution in [0.2, 0.25) is 0 Å². The van der Waals surface area contributed by atoms with Crippen molar-refractivity contribution in [3.63, 3.8) is 0 Å². The zero-order valence-corrected chi connectivity index (χ0v) is 9.30. The molecule has 0 saturated carbocycles. The van der Waals surface area contributed by atoms with Crippen molar-refractivity contribution in [1.82, 2.24) is 14.9 Å². The molecule has 14 heavy (non-hydrogen) atoms. The minimum Gasteiger partial charge on any atom is -0.353 e. The molecule has 1 aromatic heterocycles. The van der Waals surface area contributed by atoms with E-state index in [-0.39, 0.29) is 0 Å². The Kier molecular flexibility index (Phi) is 3.89. The maximum atomic E-state index is 10.4. The van der Waals surface area contributed by atoms with Gasteiger partial charge in [0.05, 0.1) is 0 Å². The third-order valence-electron chi connectivity index (χ3n) is 1.31. The van der Waals surface area contributed by atoms with Crippen LogP contribution in [-0.2, 0) is 11.3 Å². The van der Waals surface area contributed by atoms with E-state index in [9.17, 15) is 4.21 Å². The van der Waals surface area contributed by atoms with Crippen molar-refractivity contribution in [3.05, 3.63) is 5.01 Å². The van der Waals surface area contributed by atoms with Crippen LogP contribution in [0.5, 0.6) is 0 Å². The molecule has 1 rings (SSSR count). The van der Waals surface area contributed by atoms with Gasteiger partial charge in [-0.3, -0.25) is 4.55 Å². The zero-order chi connectivity index (χ0) is 10.7. The van der Waals surface area contributed by atoms with E-state index in [0.29, 0.717) is 10.1 Å². The predicted molar refractivity (Wildman–Crippen MR) is 55.1 cm³/mol. The number of anilines is 1. The molecule has 1 aromatic rings. The Morgan fingerprint density at radius 1 is 1.64 bits per heavy atom. The van der Waals surface area contributed by atoms with Gasteiger partial charge in [-0.05, 0) is 0 Å². The standard InChI is InChI=1S/C5H11N5O2S2/c1-10(2)5-8-7-4(13-5)3(6)9-14(11)12/h3,9H,6H2,1-2H3,(H,11,12). The van der Waals surface area contributed by atoms with Crippen molar-refractivity contribution < 1.29 is 8.76 Å². The fourth-order valence-electron chi connectivity index (χ4n) is 0.692. The van der Waals surface area contributed by atoms with E-state index in [4.69, 9.17) is 10.3 Å². The Hall–Kier alpha value is -0.610. The van der Waals surface area contributed by atoms with E-state index in [1.807, 2.05) is 14.1 Å². The maximum Gasteiger partial charge on any atom is 0.233 e. The monoisotopic (exact) mass is 237 g/mol. The van der Waals surface area contributed by atoms with Gasteiger partial charge in [0.1, 0.15) is 6.17 Å². The molecule has 0 amide bonds. The molecule has 0 bridgehead atoms. The number of hydrogen-bond acceptors (Lipinski definition) is 6. The third-order valence-corrected chi connectivity index (χ3v) is 2.94. The van der Waals surface area contributed by atoms with Gasteiger partial charge < -0.3 is 10.6 Å². The summed E-state index contributed by atoms with van der Waals surface area (Å²) >= 11 is -0.886. The summed E-state index contributed by atoms with van der Waals surface area (Å²) in [5.74, 6) is 0. The molecule has 7 nitrogen and oxygen atoms in total. The Balaban J connectivity index is 2.71. The number of nitrogens with zero attached hydrogens (tertiary/aromatic N) is 3. The summed E-state index contributed by atoms with van der Waals surface area (Å²) in [6.07, 6.45) is -0.771. The zero-order valence-electron chi connectivity index (χ0n) is 7.67. The SMILES string of the molecule is CN(C)c1nnc(C(N)NS(=O)O)s1. The summed E-state index contributed by atoms with van der Waals surface area (Å²) in [6.45, 7) is 0. The number of nitrogens with two attached hydrogens (primary N) is 1. The summed E-state index contributed by atoms with van der Waals surface area (Å²) in [5, 5.41) is 8.79. The van der Waals surface area contributed by atoms with E-state index in [1.54, 1.807) is 4.90 Å². The molecule has 0 fully saturated rings. The highest BCUT2D eigenvalue weighted by Gasteiger charge is 2.14. The molecule has 80 valence electrons. The van der Waals surface area contributed by atoms with Gasteiger partial charge in [-0.15, -0.1) is 10.2 Å². The average molecular weight is 237 g/mol. The molecule has 0 aliphatic rings. The van der Waals surface area contributed by atoms with Crippen molar-refractivity contribution in [3.8, 4) is 0 Å². The Labute approximate surface area is 87.7 Å². The van der Waals surface area contributed by atoms with Crippen molar-refractivity contribution in [2.24, 2.45) is 5.73 Å². The molecule has 0 saturated heterocycles. The van der Waals surface area contributed by atoms with Crippen LogP contribution in [0.3, 0.4) is 0 Å². The second-order valence-electron chi connectivity index (χ2n) is 2.66. The van der Waals surface area contributed by atoms with Gasteiger partial charge in [-0.2, -0.15) is 4.72 Å². The molecule has 9 heteroatoms. The first-order chi connectivity index (χ1) is 6.50. The highest BCUT2D eigenvalue weighted by Crippen LogP contribution is 2.20. The van der Waals surface area contributed by atoms with Crippen LogP contribution >= 0.6 is 11.3 Å². The number of nitrogens with one attached hydrogen (secondary N) is 1. The maximum absolute atomic E-state index is 10.4. The Morgan fingerprint density at radius 3 is 2.71 bits per heavy atom. The highest BCUT2D eigenvalue weighted by atomic mass is 32.2. The summed E-state index contributed by atoms with van der Waals surface area (Å²) in [5.41, 5.74) is 5.53. The van der Waals surface area contributed by atoms with Gasteiger partial charge in [0.2, 0.25) is 16.4 Å². The second kappa shape index (κ2) is 4.75. The number of hydrogen-bond donors (Lipinski definition) is 3. The van der Waals surface area contributed by atoms with Gasteiger partial charge in [0, 0.05) is 14.1 Å². The summed E-state index contributed by atoms with van der Waals surface area (Å²) in [7, 11) is 3.65. The molecule has 0 aliphatic carbocycles. The lowest BCUT2D eigenvalue weighted by Crippen LogP contribution is -2.29. The number of rotatable bonds is 4. The van der Waals surface area contributed by atoms with Crippen LogP contribution in [0, 0.1) is 0 Å². The molecule has 0 radical (unpaired) electrons. The molecule has 4 N–H and O–H groups in total. The van der Waals surface area contributed by atoms with E-state index in [2.05, 4.69) is 14.9 Å². The lowest BCUT2D eigenvalue weighted by Gasteiger charge is -2.06. The molecule has 2 atom stereocenters. The van der Waals surface area contributed by atoms with Crippen LogP contribution < -0.4 is 15.4 Å². The summed E-state index contributed by atoms with van der Waals surface area (Å²) in [4.78, 5) is 1.78. The molecule has 0 spiro atoms. The Morgan fingerprint density at radius 2 is 2.29 bits per heavy atom. The number of aromatic nitrogens is 2. The average Bonchev–Trinajstić information content (AvgIpc) is 2.50. The van der Waals surface area contributed by atoms with Gasteiger partial charge in [-0.1, -0.05) is 11.3 Å². The summed E-state index contributed by atoms with van der Waals surface area (Å²) < 4.78 is 21.1. The minimum absolute atomic E-state index is 0.469. The Bertz CT molecular complexity index is 328. The largest absolute Gasteiger partial charge is 0.353 e. The molecule has 2 unspecified atom stereocenters. The lowest BCUT2D eigenvalue weighted by molar-refractivity contribution is 0.530. The lowest BCUT2D eigenvalue weighted by atomic mass is 10.6. The van der Waals surface area contributed by atoms with Gasteiger partial charge in [0.15, 0.2) is 5.01 Å². The van der Waals surface area contributed by atoms with Gasteiger partial charge in [-0.25, -0.2) is 4.21 Å². The predicted octanol–water partition coefficient (Wildman–Crippen LogP) is -0.712. The molecule has 1 heterocycles. The molecular formula is C5H11N5O2S2. The molecule has 0 aliphatic heterocycles. The van der Waals surface area contributed by atoms with Crippen LogP contribution in [0.1, 0.15) is 11.2 Å². The van der Waals surface area contributed by atoms with E-state index < -0.39 is 17.4 Å². The smallest absolute Gasteiger partial charge is 0.233 e. The first-order valence-electron chi connectivity index (χ1n) is 3.64. The van der Waals surface area contributed by atoms with Crippen molar-refractivity contribution in [2.75, 3.05) is 19.0 Å². The van der Waals surface area contributed by atoms with E-state index in [0.717, 1.165) is 0 Å². The highest BCUT2D eigenvalue weighted by molar-refractivity contribution is 7.77. The third kappa shape index (κ3) is 2.96. The van der Waals surface area contributed by atoms with Crippen molar-refractivity contribution in [2.45, 2.75) is 6.17 Å². The fourth-order valence-corrected chi connectivity index (χ4v) is 1.81. The van der Waals surface area contributed by atoms with Crippen LogP contribution in [-0.4, -0.2) is 33.1 Å². The topological polar surface area (TPSA) is 104 Å². The van der Waals surface area contributed by atoms with Crippen LogP contribution in [0.25, 0.3) is 0 Å². The molecule has 0 aromatic carbocycles. The van der Waals surface area contributed by atoms with Crippen LogP contribution in [0.15, 0.2) is 0 Å². The van der Waals surface area contributed by atoms with Crippen molar-refractivity contribution >= 4 is 27.7 Å². The quantitative estimate of drug-likeness (QED) is 0.472. The fraction of sp³-hybridized carbons (Fsp3) is 0.600. The van der Waals surface area contributed by atoms with Gasteiger partial charge >= 0.3 is 0 Å². The summed E-state index contributed by atoms with van der Waals surface area (Å²) in [6, 6.07) is 0. The van der Waals surface area contributed by atoms with E-state index in [1.165, 1.54) is 11.3 Å². The second-order valence-corrected chi connectivity index (χ2v) is 4.38. The van der Waals surface area contributed by atoms with Crippen molar-refractivity contribution in [1.29, 1.82) is 0 Å². The minimum atomic E-state index is -2.15. The van der Waals surface area contributed by atoms with Crippen LogP contribution in [0.4, 0.5) is 5.13 Å². The first-order valence-corrected chi connectivity index (χ1v) is 5.56. The van der Waals surface area contributed by atoms with E-state index >= 15 is 0 Å². The van der Waals surface area contributed by atoms with Gasteiger partial charge in [0.25, 0.3) is 0 Å². The first kappa shape index (κ1) is 11.5.